The van der Waals surface area contributed by atoms with E-state index in [0.717, 1.165) is 0 Å². The van der Waals surface area contributed by atoms with Crippen molar-refractivity contribution in [2.24, 2.45) is 0 Å². The van der Waals surface area contributed by atoms with Crippen molar-refractivity contribution in [1.82, 2.24) is 9.97 Å². The lowest BCUT2D eigenvalue weighted by Gasteiger charge is -2.08. The van der Waals surface area contributed by atoms with Gasteiger partial charge < -0.3 is 15.6 Å². The first-order valence-electron chi connectivity index (χ1n) is 5.18. The molecule has 1 aromatic carbocycles. The number of aromatic carboxylic acids is 1. The van der Waals surface area contributed by atoms with Crippen LogP contribution >= 0.6 is 0 Å². The largest absolute Gasteiger partial charge is 0.483 e. The van der Waals surface area contributed by atoms with Crippen LogP contribution in [-0.2, 0) is 6.61 Å². The molecule has 0 unspecified atom stereocenters. The van der Waals surface area contributed by atoms with Crippen LogP contribution in [0.4, 0.5) is 5.69 Å². The standard InChI is InChI=1S/C12H11N3O3/c13-9-3-2-8(12(16)17)6-10(9)18-7-11-14-4-1-5-15-11/h1-6H,7,13H2,(H,16,17). The molecule has 18 heavy (non-hydrogen) atoms. The number of carboxylic acids is 1. The van der Waals surface area contributed by atoms with Crippen molar-refractivity contribution in [3.05, 3.63) is 48.0 Å². The number of carbonyl (C=O) groups is 1. The lowest BCUT2D eigenvalue weighted by molar-refractivity contribution is 0.0696. The number of hydrogen-bond donors (Lipinski definition) is 2. The molecule has 0 atom stereocenters. The van der Waals surface area contributed by atoms with Crippen LogP contribution in [0.25, 0.3) is 0 Å². The average Bonchev–Trinajstić information content (AvgIpc) is 2.38. The van der Waals surface area contributed by atoms with Gasteiger partial charge >= 0.3 is 5.97 Å². The van der Waals surface area contributed by atoms with Gasteiger partial charge in [-0.25, -0.2) is 14.8 Å². The molecule has 0 fully saturated rings. The molecule has 0 bridgehead atoms. The summed E-state index contributed by atoms with van der Waals surface area (Å²) < 4.78 is 5.40. The molecule has 3 N–H and O–H groups in total. The predicted molar refractivity (Wildman–Crippen MR) is 64.2 cm³/mol. The number of carboxylic acid groups (broad SMARTS) is 1. The summed E-state index contributed by atoms with van der Waals surface area (Å²) in [4.78, 5) is 18.8. The first-order valence-corrected chi connectivity index (χ1v) is 5.18. The quantitative estimate of drug-likeness (QED) is 0.788. The van der Waals surface area contributed by atoms with Crippen LogP contribution in [0.3, 0.4) is 0 Å². The van der Waals surface area contributed by atoms with Crippen molar-refractivity contribution >= 4 is 11.7 Å². The van der Waals surface area contributed by atoms with Gasteiger partial charge in [-0.3, -0.25) is 0 Å². The molecule has 0 spiro atoms. The predicted octanol–water partition coefficient (Wildman–Crippen LogP) is 1.34. The number of aromatic nitrogens is 2. The molecule has 2 rings (SSSR count). The van der Waals surface area contributed by atoms with Crippen LogP contribution in [-0.4, -0.2) is 21.0 Å². The minimum atomic E-state index is -1.03. The second-order valence-electron chi connectivity index (χ2n) is 3.51. The summed E-state index contributed by atoms with van der Waals surface area (Å²) in [5.41, 5.74) is 6.18. The third-order valence-electron chi connectivity index (χ3n) is 2.24. The van der Waals surface area contributed by atoms with Crippen molar-refractivity contribution in [1.29, 1.82) is 0 Å². The first-order chi connectivity index (χ1) is 8.66. The Morgan fingerprint density at radius 1 is 1.33 bits per heavy atom. The van der Waals surface area contributed by atoms with Crippen molar-refractivity contribution in [3.8, 4) is 5.75 Å². The molecule has 0 radical (unpaired) electrons. The lowest BCUT2D eigenvalue weighted by atomic mass is 10.2. The number of hydrogen-bond acceptors (Lipinski definition) is 5. The Kier molecular flexibility index (Phi) is 3.38. The Labute approximate surface area is 103 Å². The van der Waals surface area contributed by atoms with Gasteiger partial charge in [0.25, 0.3) is 0 Å². The monoisotopic (exact) mass is 245 g/mol. The summed E-state index contributed by atoms with van der Waals surface area (Å²) >= 11 is 0. The van der Waals surface area contributed by atoms with E-state index in [9.17, 15) is 4.79 Å². The van der Waals surface area contributed by atoms with E-state index in [2.05, 4.69) is 9.97 Å². The number of nitrogens with two attached hydrogens (primary N) is 1. The van der Waals surface area contributed by atoms with Gasteiger partial charge in [-0.1, -0.05) is 0 Å². The van der Waals surface area contributed by atoms with E-state index in [1.54, 1.807) is 18.5 Å². The highest BCUT2D eigenvalue weighted by Gasteiger charge is 2.08. The highest BCUT2D eigenvalue weighted by molar-refractivity contribution is 5.89. The molecule has 0 aliphatic carbocycles. The van der Waals surface area contributed by atoms with E-state index in [1.165, 1.54) is 18.2 Å². The zero-order valence-electron chi connectivity index (χ0n) is 9.41. The smallest absolute Gasteiger partial charge is 0.335 e. The van der Waals surface area contributed by atoms with Crippen LogP contribution in [0, 0.1) is 0 Å². The van der Waals surface area contributed by atoms with Gasteiger partial charge in [-0.05, 0) is 24.3 Å². The van der Waals surface area contributed by atoms with Crippen LogP contribution < -0.4 is 10.5 Å². The summed E-state index contributed by atoms with van der Waals surface area (Å²) in [6.07, 6.45) is 3.20. The number of rotatable bonds is 4. The Morgan fingerprint density at radius 2 is 2.06 bits per heavy atom. The SMILES string of the molecule is Nc1ccc(C(=O)O)cc1OCc1ncccn1. The molecule has 0 saturated heterocycles. The molecule has 0 aliphatic heterocycles. The second-order valence-corrected chi connectivity index (χ2v) is 3.51. The third kappa shape index (κ3) is 2.73. The summed E-state index contributed by atoms with van der Waals surface area (Å²) in [7, 11) is 0. The Morgan fingerprint density at radius 3 is 2.72 bits per heavy atom. The molecule has 6 nitrogen and oxygen atoms in total. The molecule has 0 aliphatic rings. The maximum absolute atomic E-state index is 10.8. The molecule has 0 amide bonds. The summed E-state index contributed by atoms with van der Waals surface area (Å²) in [5.74, 6) is -0.226. The van der Waals surface area contributed by atoms with Gasteiger partial charge in [-0.2, -0.15) is 0 Å². The first kappa shape index (κ1) is 11.8. The number of nitrogens with zero attached hydrogens (tertiary/aromatic N) is 2. The Hall–Kier alpha value is -2.63. The fourth-order valence-corrected chi connectivity index (χ4v) is 1.34. The van der Waals surface area contributed by atoms with Gasteiger partial charge in [0.05, 0.1) is 11.3 Å². The maximum Gasteiger partial charge on any atom is 0.335 e. The fourth-order valence-electron chi connectivity index (χ4n) is 1.34. The summed E-state index contributed by atoms with van der Waals surface area (Å²) in [6, 6.07) is 5.98. The van der Waals surface area contributed by atoms with Crippen molar-refractivity contribution in [2.45, 2.75) is 6.61 Å². The number of benzene rings is 1. The summed E-state index contributed by atoms with van der Waals surface area (Å²) in [6.45, 7) is 0.133. The zero-order chi connectivity index (χ0) is 13.0. The van der Waals surface area contributed by atoms with Crippen LogP contribution in [0.1, 0.15) is 16.2 Å². The third-order valence-corrected chi connectivity index (χ3v) is 2.24. The van der Waals surface area contributed by atoms with E-state index in [0.29, 0.717) is 17.3 Å². The minimum absolute atomic E-state index is 0.119. The van der Waals surface area contributed by atoms with E-state index in [-0.39, 0.29) is 12.2 Å². The van der Waals surface area contributed by atoms with Gasteiger partial charge in [0, 0.05) is 12.4 Å². The summed E-state index contributed by atoms with van der Waals surface area (Å²) in [5, 5.41) is 8.86. The van der Waals surface area contributed by atoms with E-state index in [1.807, 2.05) is 0 Å². The number of ether oxygens (including phenoxy) is 1. The number of anilines is 1. The van der Waals surface area contributed by atoms with Crippen molar-refractivity contribution in [2.75, 3.05) is 5.73 Å². The van der Waals surface area contributed by atoms with Gasteiger partial charge in [-0.15, -0.1) is 0 Å². The Bertz CT molecular complexity index is 558. The normalized spacial score (nSPS) is 10.0. The van der Waals surface area contributed by atoms with Gasteiger partial charge in [0.1, 0.15) is 12.4 Å². The second kappa shape index (κ2) is 5.13. The van der Waals surface area contributed by atoms with E-state index >= 15 is 0 Å². The lowest BCUT2D eigenvalue weighted by Crippen LogP contribution is -2.04. The van der Waals surface area contributed by atoms with Crippen LogP contribution in [0.2, 0.25) is 0 Å². The highest BCUT2D eigenvalue weighted by atomic mass is 16.5. The fraction of sp³-hybridized carbons (Fsp3) is 0.0833. The molecular formula is C12H11N3O3. The Balaban J connectivity index is 2.14. The molecule has 0 saturated carbocycles. The van der Waals surface area contributed by atoms with Crippen molar-refractivity contribution < 1.29 is 14.6 Å². The molecule has 92 valence electrons. The van der Waals surface area contributed by atoms with Crippen molar-refractivity contribution in [3.63, 3.8) is 0 Å². The highest BCUT2D eigenvalue weighted by Crippen LogP contribution is 2.23. The average molecular weight is 245 g/mol. The molecule has 2 aromatic rings. The van der Waals surface area contributed by atoms with Crippen LogP contribution in [0.15, 0.2) is 36.7 Å². The zero-order valence-corrected chi connectivity index (χ0v) is 9.41. The molecule has 1 aromatic heterocycles. The van der Waals surface area contributed by atoms with E-state index < -0.39 is 5.97 Å². The minimum Gasteiger partial charge on any atom is -0.483 e. The van der Waals surface area contributed by atoms with E-state index in [4.69, 9.17) is 15.6 Å². The molecule has 6 heteroatoms. The van der Waals surface area contributed by atoms with Gasteiger partial charge in [0.2, 0.25) is 0 Å². The topological polar surface area (TPSA) is 98.3 Å². The molecular weight excluding hydrogens is 234 g/mol. The van der Waals surface area contributed by atoms with Gasteiger partial charge in [0.15, 0.2) is 5.82 Å². The maximum atomic E-state index is 10.8. The van der Waals surface area contributed by atoms with Crippen LogP contribution in [0.5, 0.6) is 5.75 Å². The molecule has 1 heterocycles. The number of nitrogen functional groups attached to an aromatic ring is 1.